The van der Waals surface area contributed by atoms with Crippen LogP contribution < -0.4 is 0 Å². The van der Waals surface area contributed by atoms with Crippen molar-refractivity contribution in [2.75, 3.05) is 0 Å². The predicted molar refractivity (Wildman–Crippen MR) is 155 cm³/mol. The van der Waals surface area contributed by atoms with Crippen LogP contribution in [0.4, 0.5) is 0 Å². The Morgan fingerprint density at radius 2 is 1.00 bits per heavy atom. The number of aromatic nitrogens is 2. The Kier molecular flexibility index (Phi) is 4.75. The van der Waals surface area contributed by atoms with E-state index in [1.54, 1.807) is 0 Å². The number of fused-ring (bicyclic) bond motifs is 6. The molecule has 0 atom stereocenters. The van der Waals surface area contributed by atoms with Crippen LogP contribution in [0.25, 0.3) is 65.9 Å². The van der Waals surface area contributed by atoms with Crippen LogP contribution in [-0.4, -0.2) is 9.13 Å². The summed E-state index contributed by atoms with van der Waals surface area (Å²) in [7, 11) is 0. The summed E-state index contributed by atoms with van der Waals surface area (Å²) in [5.74, 6) is 0. The molecule has 0 bridgehead atoms. The lowest BCUT2D eigenvalue weighted by Gasteiger charge is -2.13. The van der Waals surface area contributed by atoms with E-state index in [2.05, 4.69) is 132 Å². The molecule has 0 aliphatic carbocycles. The van der Waals surface area contributed by atoms with Gasteiger partial charge >= 0.3 is 0 Å². The molecular formula is C34H28N2. The molecule has 174 valence electrons. The summed E-state index contributed by atoms with van der Waals surface area (Å²) in [6, 6.07) is 40.2. The van der Waals surface area contributed by atoms with Crippen molar-refractivity contribution in [3.05, 3.63) is 109 Å². The second kappa shape index (κ2) is 8.13. The average molecular weight is 465 g/mol. The van der Waals surface area contributed by atoms with E-state index in [1.807, 2.05) is 0 Å². The molecule has 2 aromatic heterocycles. The first-order chi connectivity index (χ1) is 17.8. The molecule has 0 fully saturated rings. The van der Waals surface area contributed by atoms with Crippen LogP contribution in [0.5, 0.6) is 0 Å². The molecule has 36 heavy (non-hydrogen) atoms. The number of hydrogen-bond donors (Lipinski definition) is 0. The Hall–Kier alpha value is -4.30. The van der Waals surface area contributed by atoms with Gasteiger partial charge in [0.25, 0.3) is 0 Å². The van der Waals surface area contributed by atoms with E-state index in [1.165, 1.54) is 65.9 Å². The van der Waals surface area contributed by atoms with Crippen LogP contribution in [-0.2, 0) is 13.1 Å². The summed E-state index contributed by atoms with van der Waals surface area (Å²) in [5.41, 5.74) is 10.3. The van der Waals surface area contributed by atoms with Crippen molar-refractivity contribution in [2.24, 2.45) is 0 Å². The normalized spacial score (nSPS) is 11.8. The van der Waals surface area contributed by atoms with E-state index in [4.69, 9.17) is 0 Å². The lowest BCUT2D eigenvalue weighted by atomic mass is 9.91. The Morgan fingerprint density at radius 3 is 1.78 bits per heavy atom. The van der Waals surface area contributed by atoms with Crippen molar-refractivity contribution in [3.63, 3.8) is 0 Å². The highest BCUT2D eigenvalue weighted by molar-refractivity contribution is 6.16. The zero-order chi connectivity index (χ0) is 24.2. The zero-order valence-electron chi connectivity index (χ0n) is 20.7. The maximum atomic E-state index is 2.43. The first-order valence-electron chi connectivity index (χ1n) is 12.9. The molecule has 0 radical (unpaired) electrons. The van der Waals surface area contributed by atoms with Gasteiger partial charge in [-0.15, -0.1) is 0 Å². The van der Waals surface area contributed by atoms with E-state index < -0.39 is 0 Å². The van der Waals surface area contributed by atoms with Gasteiger partial charge in [0.15, 0.2) is 0 Å². The fourth-order valence-corrected chi connectivity index (χ4v) is 6.20. The van der Waals surface area contributed by atoms with Gasteiger partial charge < -0.3 is 9.13 Å². The summed E-state index contributed by atoms with van der Waals surface area (Å²) < 4.78 is 4.85. The minimum atomic E-state index is 0.952. The van der Waals surface area contributed by atoms with E-state index >= 15 is 0 Å². The first kappa shape index (κ1) is 21.0. The summed E-state index contributed by atoms with van der Waals surface area (Å²) >= 11 is 0. The summed E-state index contributed by atoms with van der Waals surface area (Å²) in [6.07, 6.45) is 0. The lowest BCUT2D eigenvalue weighted by Crippen LogP contribution is -1.93. The Morgan fingerprint density at radius 1 is 0.444 bits per heavy atom. The number of aryl methyl sites for hydroxylation is 2. The molecule has 0 amide bonds. The van der Waals surface area contributed by atoms with Crippen LogP contribution in [0.15, 0.2) is 109 Å². The van der Waals surface area contributed by atoms with E-state index in [0.29, 0.717) is 0 Å². The van der Waals surface area contributed by atoms with Crippen molar-refractivity contribution in [1.29, 1.82) is 0 Å². The summed E-state index contributed by atoms with van der Waals surface area (Å²) in [6.45, 7) is 6.37. The maximum Gasteiger partial charge on any atom is 0.0497 e. The third-order valence-corrected chi connectivity index (χ3v) is 7.73. The molecule has 2 heteroatoms. The van der Waals surface area contributed by atoms with Crippen molar-refractivity contribution in [3.8, 4) is 22.3 Å². The number of nitrogens with zero attached hydrogens (tertiary/aromatic N) is 2. The van der Waals surface area contributed by atoms with Crippen molar-refractivity contribution < 1.29 is 0 Å². The molecule has 7 aromatic rings. The number of rotatable bonds is 4. The van der Waals surface area contributed by atoms with Crippen molar-refractivity contribution >= 4 is 43.6 Å². The van der Waals surface area contributed by atoms with Crippen LogP contribution in [0.2, 0.25) is 0 Å². The highest BCUT2D eigenvalue weighted by atomic mass is 15.0. The first-order valence-corrected chi connectivity index (χ1v) is 12.9. The molecule has 0 unspecified atom stereocenters. The van der Waals surface area contributed by atoms with Crippen LogP contribution in [0, 0.1) is 0 Å². The summed E-state index contributed by atoms with van der Waals surface area (Å²) in [4.78, 5) is 0. The Bertz CT molecular complexity index is 1920. The van der Waals surface area contributed by atoms with Crippen LogP contribution >= 0.6 is 0 Å². The maximum absolute atomic E-state index is 2.43. The number of para-hydroxylation sites is 2. The molecule has 7 rings (SSSR count). The molecule has 0 aliphatic rings. The van der Waals surface area contributed by atoms with Gasteiger partial charge in [-0.05, 0) is 66.4 Å². The second-order valence-electron chi connectivity index (χ2n) is 9.50. The van der Waals surface area contributed by atoms with E-state index in [0.717, 1.165) is 13.1 Å². The number of hydrogen-bond acceptors (Lipinski definition) is 0. The SMILES string of the molecule is CCn1c2ccccc2c2cc(-c3ccccc3-c3cccc4c3c3ccccc3n4CC)ccc21. The molecule has 0 aliphatic heterocycles. The highest BCUT2D eigenvalue weighted by Gasteiger charge is 2.17. The van der Waals surface area contributed by atoms with E-state index in [9.17, 15) is 0 Å². The van der Waals surface area contributed by atoms with Gasteiger partial charge in [-0.2, -0.15) is 0 Å². The lowest BCUT2D eigenvalue weighted by molar-refractivity contribution is 0.827. The van der Waals surface area contributed by atoms with Gasteiger partial charge in [0, 0.05) is 56.7 Å². The quantitative estimate of drug-likeness (QED) is 0.246. The largest absolute Gasteiger partial charge is 0.341 e. The fourth-order valence-electron chi connectivity index (χ4n) is 6.20. The molecule has 0 saturated carbocycles. The predicted octanol–water partition coefficient (Wildman–Crippen LogP) is 9.28. The monoisotopic (exact) mass is 464 g/mol. The molecule has 5 aromatic carbocycles. The highest BCUT2D eigenvalue weighted by Crippen LogP contribution is 2.41. The van der Waals surface area contributed by atoms with E-state index in [-0.39, 0.29) is 0 Å². The third-order valence-electron chi connectivity index (χ3n) is 7.73. The standard InChI is InChI=1S/C34H28N2/c1-3-35-30-17-9-7-14-26(30)29-22-23(20-21-32(29)35)24-12-5-6-13-25(24)27-16-11-19-33-34(27)28-15-8-10-18-31(28)36(33)4-2/h5-22H,3-4H2,1-2H3. The topological polar surface area (TPSA) is 9.86 Å². The van der Waals surface area contributed by atoms with Gasteiger partial charge in [0.05, 0.1) is 0 Å². The van der Waals surface area contributed by atoms with Gasteiger partial charge in [0.1, 0.15) is 0 Å². The van der Waals surface area contributed by atoms with Crippen molar-refractivity contribution in [2.45, 2.75) is 26.9 Å². The molecule has 0 N–H and O–H groups in total. The van der Waals surface area contributed by atoms with Crippen LogP contribution in [0.1, 0.15) is 13.8 Å². The molecular weight excluding hydrogens is 436 g/mol. The van der Waals surface area contributed by atoms with Crippen LogP contribution in [0.3, 0.4) is 0 Å². The Labute approximate surface area is 211 Å². The Balaban J connectivity index is 1.52. The van der Waals surface area contributed by atoms with Gasteiger partial charge in [0.2, 0.25) is 0 Å². The number of benzene rings is 5. The minimum absolute atomic E-state index is 0.952. The zero-order valence-corrected chi connectivity index (χ0v) is 20.7. The molecule has 0 spiro atoms. The molecule has 0 saturated heterocycles. The molecule has 2 nitrogen and oxygen atoms in total. The van der Waals surface area contributed by atoms with Gasteiger partial charge in [-0.25, -0.2) is 0 Å². The average Bonchev–Trinajstić information content (AvgIpc) is 3.45. The van der Waals surface area contributed by atoms with Crippen molar-refractivity contribution in [1.82, 2.24) is 9.13 Å². The second-order valence-corrected chi connectivity index (χ2v) is 9.50. The smallest absolute Gasteiger partial charge is 0.0497 e. The minimum Gasteiger partial charge on any atom is -0.341 e. The van der Waals surface area contributed by atoms with Gasteiger partial charge in [-0.1, -0.05) is 78.9 Å². The third kappa shape index (κ3) is 2.91. The van der Waals surface area contributed by atoms with Gasteiger partial charge in [-0.3, -0.25) is 0 Å². The fraction of sp³-hybridized carbons (Fsp3) is 0.118. The summed E-state index contributed by atoms with van der Waals surface area (Å²) in [5, 5.41) is 5.30. The molecule has 2 heterocycles.